The Balaban J connectivity index is 3.39. The van der Waals surface area contributed by atoms with E-state index < -0.39 is 12.2 Å². The number of hydrogen-bond acceptors (Lipinski definition) is 2. The largest absolute Gasteiger partial charge is 0.377 e. The predicted octanol–water partition coefficient (Wildman–Crippen LogP) is 12.9. The Morgan fingerprint density at radius 2 is 0.720 bits per heavy atom. The summed E-state index contributed by atoms with van der Waals surface area (Å²) in [5.74, 6) is 16.6. The minimum Gasteiger partial charge on any atom is -0.377 e. The Labute approximate surface area is 311 Å². The number of aliphatic hydroxyl groups is 2. The first-order valence-corrected chi connectivity index (χ1v) is 20.6. The minimum absolute atomic E-state index is 0.768. The molecule has 0 saturated heterocycles. The van der Waals surface area contributed by atoms with Crippen LogP contribution in [0.15, 0.2) is 48.6 Å². The maximum absolute atomic E-state index is 9.92. The molecule has 2 atom stereocenters. The lowest BCUT2D eigenvalue weighted by molar-refractivity contribution is 0.280. The van der Waals surface area contributed by atoms with Crippen molar-refractivity contribution in [3.05, 3.63) is 48.6 Å². The van der Waals surface area contributed by atoms with Gasteiger partial charge in [-0.3, -0.25) is 0 Å². The summed E-state index contributed by atoms with van der Waals surface area (Å²) < 4.78 is 0. The van der Waals surface area contributed by atoms with E-state index in [4.69, 9.17) is 12.8 Å². The Morgan fingerprint density at radius 1 is 0.400 bits per heavy atom. The first kappa shape index (κ1) is 47.1. The summed E-state index contributed by atoms with van der Waals surface area (Å²) >= 11 is 0. The van der Waals surface area contributed by atoms with Crippen LogP contribution in [0.2, 0.25) is 0 Å². The molecule has 0 aliphatic rings. The Hall–Kier alpha value is -2.88. The van der Waals surface area contributed by atoms with Crippen LogP contribution < -0.4 is 0 Å². The fourth-order valence-corrected chi connectivity index (χ4v) is 5.75. The summed E-state index contributed by atoms with van der Waals surface area (Å²) in [6.45, 7) is 0. The van der Waals surface area contributed by atoms with Crippen LogP contribution in [0.25, 0.3) is 0 Å². The average Bonchev–Trinajstić information content (AvgIpc) is 3.12. The second-order valence-corrected chi connectivity index (χ2v) is 13.6. The van der Waals surface area contributed by atoms with Crippen LogP contribution in [0.3, 0.4) is 0 Å². The molecule has 0 aromatic heterocycles. The number of allylic oxidation sites excluding steroid dienone is 7. The molecule has 2 nitrogen and oxygen atoms in total. The number of hydrogen-bond donors (Lipinski definition) is 2. The zero-order valence-electron chi connectivity index (χ0n) is 32.0. The van der Waals surface area contributed by atoms with Crippen molar-refractivity contribution >= 4 is 0 Å². The number of terminal acetylenes is 2. The molecule has 0 aliphatic carbocycles. The molecule has 0 aromatic rings. The van der Waals surface area contributed by atoms with E-state index >= 15 is 0 Å². The van der Waals surface area contributed by atoms with Crippen LogP contribution in [0.4, 0.5) is 0 Å². The molecule has 0 aromatic carbocycles. The summed E-state index contributed by atoms with van der Waals surface area (Å²) in [5.41, 5.74) is 0. The van der Waals surface area contributed by atoms with Crippen LogP contribution in [0.1, 0.15) is 193 Å². The van der Waals surface area contributed by atoms with Crippen molar-refractivity contribution < 1.29 is 10.2 Å². The number of aliphatic hydroxyl groups excluding tert-OH is 2. The monoisotopic (exact) mass is 683 g/mol. The molecule has 0 rings (SSSR count). The molecule has 2 heteroatoms. The highest BCUT2D eigenvalue weighted by Gasteiger charge is 1.95. The molecule has 50 heavy (non-hydrogen) atoms. The van der Waals surface area contributed by atoms with Gasteiger partial charge in [0.05, 0.1) is 0 Å². The molecule has 0 radical (unpaired) electrons. The van der Waals surface area contributed by atoms with Crippen molar-refractivity contribution in [2.75, 3.05) is 0 Å². The summed E-state index contributed by atoms with van der Waals surface area (Å²) in [5, 5.41) is 19.2. The lowest BCUT2D eigenvalue weighted by Crippen LogP contribution is -1.97. The molecule has 0 heterocycles. The molecule has 0 spiro atoms. The van der Waals surface area contributed by atoms with Gasteiger partial charge in [0.15, 0.2) is 6.10 Å². The lowest BCUT2D eigenvalue weighted by Gasteiger charge is -2.03. The van der Waals surface area contributed by atoms with Gasteiger partial charge >= 0.3 is 0 Å². The van der Waals surface area contributed by atoms with Gasteiger partial charge in [-0.2, -0.15) is 0 Å². The highest BCUT2D eigenvalue weighted by atomic mass is 16.3. The Bertz CT molecular complexity index is 1050. The number of rotatable bonds is 33. The van der Waals surface area contributed by atoms with E-state index in [1.165, 1.54) is 122 Å². The van der Waals surface area contributed by atoms with Gasteiger partial charge in [0.25, 0.3) is 0 Å². The number of unbranched alkanes of at least 4 members (excludes halogenated alkanes) is 26. The van der Waals surface area contributed by atoms with E-state index in [1.54, 1.807) is 6.08 Å². The molecule has 0 aliphatic heterocycles. The predicted molar refractivity (Wildman–Crippen MR) is 220 cm³/mol. The van der Waals surface area contributed by atoms with Crippen molar-refractivity contribution in [1.82, 2.24) is 0 Å². The molecule has 278 valence electrons. The topological polar surface area (TPSA) is 40.5 Å². The van der Waals surface area contributed by atoms with E-state index in [0.29, 0.717) is 0 Å². The Kier molecular flexibility index (Phi) is 39.9. The Morgan fingerprint density at radius 3 is 1.14 bits per heavy atom. The van der Waals surface area contributed by atoms with E-state index in [9.17, 15) is 10.2 Å². The quantitative estimate of drug-likeness (QED) is 0.0411. The van der Waals surface area contributed by atoms with Crippen molar-refractivity contribution in [1.29, 1.82) is 0 Å². The first-order valence-electron chi connectivity index (χ1n) is 20.6. The molecule has 0 fully saturated rings. The lowest BCUT2D eigenvalue weighted by atomic mass is 10.0. The second-order valence-electron chi connectivity index (χ2n) is 13.6. The van der Waals surface area contributed by atoms with E-state index in [1.807, 2.05) is 12.2 Å². The normalized spacial score (nSPS) is 12.6. The van der Waals surface area contributed by atoms with Gasteiger partial charge in [-0.05, 0) is 102 Å². The summed E-state index contributed by atoms with van der Waals surface area (Å²) in [6.07, 6.45) is 62.9. The van der Waals surface area contributed by atoms with Gasteiger partial charge in [-0.25, -0.2) is 0 Å². The van der Waals surface area contributed by atoms with Crippen LogP contribution in [0, 0.1) is 48.4 Å². The molecule has 0 amide bonds. The smallest absolute Gasteiger partial charge is 0.176 e. The minimum atomic E-state index is -0.831. The standard InChI is InChI=1S/C48H74O2/c1-3-5-6-7-8-9-10-11-12-13-14-15-16-17-18-19-20-21-22-23-24-25-26-27-28-29-30-31-32-36-39-42-45-48(50)46-43-40-37-34-33-35-38-41-44-47(49)4-2/h1-2,5-6,23-24,29-30,41,44,47-50H,7-22,25-28,31-40H2/b6-5-,24-23-,30-29-,44-41+/t47-,48+/m0/s1. The molecule has 0 unspecified atom stereocenters. The maximum Gasteiger partial charge on any atom is 0.176 e. The third-order valence-corrected chi connectivity index (χ3v) is 8.84. The SMILES string of the molecule is C#C/C=C\CCCCCCCCCCCCCCCC/C=C\CCCC/C=C\CCCCC#C[C@@H](O)C#CCCCCCC/C=C/[C@@H](O)C#C. The van der Waals surface area contributed by atoms with Gasteiger partial charge in [0.1, 0.15) is 6.10 Å². The van der Waals surface area contributed by atoms with Crippen LogP contribution in [-0.2, 0) is 0 Å². The van der Waals surface area contributed by atoms with Crippen molar-refractivity contribution in [3.63, 3.8) is 0 Å². The van der Waals surface area contributed by atoms with Gasteiger partial charge < -0.3 is 10.2 Å². The van der Waals surface area contributed by atoms with Crippen LogP contribution >= 0.6 is 0 Å². The van der Waals surface area contributed by atoms with E-state index in [-0.39, 0.29) is 0 Å². The van der Waals surface area contributed by atoms with Gasteiger partial charge in [0, 0.05) is 12.8 Å². The second kappa shape index (κ2) is 42.3. The summed E-state index contributed by atoms with van der Waals surface area (Å²) in [4.78, 5) is 0. The molecular weight excluding hydrogens is 609 g/mol. The van der Waals surface area contributed by atoms with Gasteiger partial charge in [-0.1, -0.05) is 162 Å². The molecular formula is C48H74O2. The van der Waals surface area contributed by atoms with Crippen molar-refractivity contribution in [2.45, 2.75) is 205 Å². The van der Waals surface area contributed by atoms with Crippen molar-refractivity contribution in [3.8, 4) is 48.4 Å². The molecule has 0 bridgehead atoms. The highest BCUT2D eigenvalue weighted by Crippen LogP contribution is 2.14. The summed E-state index contributed by atoms with van der Waals surface area (Å²) in [6, 6.07) is 0. The molecule has 2 N–H and O–H groups in total. The van der Waals surface area contributed by atoms with Crippen LogP contribution in [-0.4, -0.2) is 22.4 Å². The van der Waals surface area contributed by atoms with Gasteiger partial charge in [-0.15, -0.1) is 12.8 Å². The zero-order chi connectivity index (χ0) is 36.3. The van der Waals surface area contributed by atoms with E-state index in [0.717, 1.165) is 70.6 Å². The van der Waals surface area contributed by atoms with E-state index in [2.05, 4.69) is 65.9 Å². The molecule has 0 saturated carbocycles. The van der Waals surface area contributed by atoms with Crippen molar-refractivity contribution in [2.24, 2.45) is 0 Å². The third-order valence-electron chi connectivity index (χ3n) is 8.84. The average molecular weight is 683 g/mol. The van der Waals surface area contributed by atoms with Gasteiger partial charge in [0.2, 0.25) is 0 Å². The fourth-order valence-electron chi connectivity index (χ4n) is 5.75. The zero-order valence-corrected chi connectivity index (χ0v) is 32.0. The first-order chi connectivity index (χ1) is 24.7. The van der Waals surface area contributed by atoms with Crippen LogP contribution in [0.5, 0.6) is 0 Å². The highest BCUT2D eigenvalue weighted by molar-refractivity contribution is 5.19. The summed E-state index contributed by atoms with van der Waals surface area (Å²) in [7, 11) is 0. The third kappa shape index (κ3) is 41.3. The fraction of sp³-hybridized carbons (Fsp3) is 0.667. The maximum atomic E-state index is 9.92.